The molecule has 30 nitrogen and oxygen atoms in total. The van der Waals surface area contributed by atoms with Crippen molar-refractivity contribution in [1.82, 2.24) is 45.1 Å². The van der Waals surface area contributed by atoms with Gasteiger partial charge >= 0.3 is 0 Å². The third-order valence-electron chi connectivity index (χ3n) is 30.6. The van der Waals surface area contributed by atoms with Crippen LogP contribution < -0.4 is 36.0 Å². The van der Waals surface area contributed by atoms with Crippen molar-refractivity contribution in [3.8, 4) is 0 Å². The fourth-order valence-corrected chi connectivity index (χ4v) is 24.7. The molecule has 3 amide bonds. The molecular weight excluding hydrogens is 1630 g/mol. The van der Waals surface area contributed by atoms with Crippen molar-refractivity contribution in [3.05, 3.63) is 89.5 Å². The zero-order valence-corrected chi connectivity index (χ0v) is 76.7. The Hall–Kier alpha value is -4.99. The van der Waals surface area contributed by atoms with Gasteiger partial charge in [0.05, 0.1) is 76.5 Å². The number of carbonyl (C=O) groups excluding carboxylic acids is 3. The molecule has 18 rings (SSSR count). The van der Waals surface area contributed by atoms with Crippen LogP contribution in [0.4, 0.5) is 17.1 Å². The summed E-state index contributed by atoms with van der Waals surface area (Å²) in [6.45, 7) is 34.0. The number of halogens is 1. The lowest BCUT2D eigenvalue weighted by atomic mass is 9.45. The summed E-state index contributed by atoms with van der Waals surface area (Å²) in [5.41, 5.74) is 7.01. The third kappa shape index (κ3) is 21.2. The standard InChI is InChI=1S/2C29H46N4O6S.C28H44N4O4.CH3ClO2S/c2*1-18-23-14-21(29(23,3)4)15-24(18)30-28(36)27-26(19(2)35)25(17-34)39-33(27)16-20-7-6-8-22(13-20)31-9-11-32(12-10-31)40(5,37)38;1-17-22-13-20(28(22,3)4)14-23(17)30-27(35)26-25(18(2)34)24(16-33)36-32(26)15-19-6-5-7-21(12-19)31-10-8-29-9-11-31;1-5(2,3)4/h2*6-8,13,18-19,21,23-27,34-35H,9-12,14-17H2,1-5H3,(H,30,36);5-7,12,17-18,20,22-26,29,33-34H,8-11,13-16H2,1-4H3,(H,30,35);1H3/t2*18-,19-,21+,23-,24-,25-,26+,27-;17-,18-,20+,22-,23-,24-,25+,26-;/m000./s1. The topological polar surface area (TPSA) is 377 Å². The molecule has 3 aromatic rings. The number of piperazine rings is 3. The van der Waals surface area contributed by atoms with E-state index in [1.807, 2.05) is 60.7 Å². The van der Waals surface area contributed by atoms with Crippen molar-refractivity contribution in [2.45, 2.75) is 214 Å². The van der Waals surface area contributed by atoms with E-state index in [0.29, 0.717) is 141 Å². The van der Waals surface area contributed by atoms with Crippen molar-refractivity contribution in [2.75, 3.05) is 132 Å². The summed E-state index contributed by atoms with van der Waals surface area (Å²) in [5.74, 6) is 2.76. The Morgan fingerprint density at radius 3 is 0.926 bits per heavy atom. The molecule has 0 unspecified atom stereocenters. The number of nitrogens with zero attached hydrogens (tertiary/aromatic N) is 8. The number of hydrogen-bond donors (Lipinski definition) is 10. The van der Waals surface area contributed by atoms with Crippen molar-refractivity contribution < 1.29 is 84.8 Å². The van der Waals surface area contributed by atoms with E-state index in [-0.39, 0.29) is 55.7 Å². The molecular formula is C87H139ClN12O18S3. The molecule has 0 spiro atoms. The number of amides is 3. The van der Waals surface area contributed by atoms with Gasteiger partial charge in [-0.1, -0.05) is 98.7 Å². The smallest absolute Gasteiger partial charge is 0.240 e. The highest BCUT2D eigenvalue weighted by Gasteiger charge is 2.61. The van der Waals surface area contributed by atoms with Crippen LogP contribution in [0.3, 0.4) is 0 Å². The Morgan fingerprint density at radius 2 is 0.702 bits per heavy atom. The van der Waals surface area contributed by atoms with E-state index in [4.69, 9.17) is 14.5 Å². The van der Waals surface area contributed by atoms with E-state index in [0.717, 1.165) is 85.4 Å². The van der Waals surface area contributed by atoms with E-state index in [9.17, 15) is 70.3 Å². The van der Waals surface area contributed by atoms with E-state index < -0.39 is 102 Å². The first kappa shape index (κ1) is 95.1. The number of carbonyl (C=O) groups is 3. The molecule has 6 bridgehead atoms. The van der Waals surface area contributed by atoms with E-state index in [2.05, 4.69) is 121 Å². The van der Waals surface area contributed by atoms with Gasteiger partial charge < -0.3 is 66.6 Å². The molecule has 6 heterocycles. The molecule has 10 N–H and O–H groups in total. The van der Waals surface area contributed by atoms with Crippen LogP contribution in [0.25, 0.3) is 0 Å². The van der Waals surface area contributed by atoms with Crippen molar-refractivity contribution in [3.63, 3.8) is 0 Å². The van der Waals surface area contributed by atoms with Crippen molar-refractivity contribution in [2.24, 2.45) is 87.3 Å². The molecule has 9 aliphatic carbocycles. The normalized spacial score (nSPS) is 34.8. The van der Waals surface area contributed by atoms with E-state index in [1.54, 1.807) is 36.0 Å². The maximum Gasteiger partial charge on any atom is 0.240 e. The Kier molecular flexibility index (Phi) is 30.3. The summed E-state index contributed by atoms with van der Waals surface area (Å²) in [6.07, 6.45) is 5.58. The molecule has 121 heavy (non-hydrogen) atoms. The largest absolute Gasteiger partial charge is 0.394 e. The van der Waals surface area contributed by atoms with Crippen molar-refractivity contribution in [1.29, 1.82) is 0 Å². The van der Waals surface area contributed by atoms with Gasteiger partial charge in [-0.25, -0.2) is 25.3 Å². The summed E-state index contributed by atoms with van der Waals surface area (Å²) in [6, 6.07) is 22.5. The fourth-order valence-electron chi connectivity index (χ4n) is 23.0. The predicted molar refractivity (Wildman–Crippen MR) is 465 cm³/mol. The third-order valence-corrected chi connectivity index (χ3v) is 33.2. The zero-order valence-electron chi connectivity index (χ0n) is 73.5. The summed E-state index contributed by atoms with van der Waals surface area (Å²) >= 11 is 0. The molecule has 6 saturated heterocycles. The van der Waals surface area contributed by atoms with Crippen LogP contribution in [0, 0.1) is 87.3 Å². The Labute approximate surface area is 722 Å². The minimum Gasteiger partial charge on any atom is -0.394 e. The number of hydrogen-bond acceptors (Lipinski definition) is 25. The molecule has 15 fully saturated rings. The summed E-state index contributed by atoms with van der Waals surface area (Å²) < 4.78 is 69.4. The van der Waals surface area contributed by atoms with Gasteiger partial charge in [0, 0.05) is 142 Å². The number of nitrogens with one attached hydrogen (secondary N) is 4. The van der Waals surface area contributed by atoms with Gasteiger partial charge in [-0.3, -0.25) is 28.9 Å². The van der Waals surface area contributed by atoms with E-state index in [1.165, 1.54) is 40.4 Å². The molecule has 9 saturated carbocycles. The molecule has 680 valence electrons. The van der Waals surface area contributed by atoms with Crippen LogP contribution in [0.15, 0.2) is 72.8 Å². The highest BCUT2D eigenvalue weighted by molar-refractivity contribution is 8.13. The Morgan fingerprint density at radius 1 is 0.446 bits per heavy atom. The summed E-state index contributed by atoms with van der Waals surface area (Å²) in [7, 11) is -5.10. The molecule has 0 aromatic heterocycles. The predicted octanol–water partition coefficient (Wildman–Crippen LogP) is 4.80. The van der Waals surface area contributed by atoms with E-state index >= 15 is 0 Å². The van der Waals surface area contributed by atoms with Crippen LogP contribution in [-0.4, -0.2) is 287 Å². The second-order valence-electron chi connectivity index (χ2n) is 38.9. The van der Waals surface area contributed by atoms with Gasteiger partial charge in [0.15, 0.2) is 0 Å². The van der Waals surface area contributed by atoms with Gasteiger partial charge in [-0.15, -0.1) is 0 Å². The fraction of sp³-hybridized carbons (Fsp3) is 0.759. The van der Waals surface area contributed by atoms with Crippen LogP contribution in [0.5, 0.6) is 0 Å². The highest BCUT2D eigenvalue weighted by Crippen LogP contribution is 2.63. The van der Waals surface area contributed by atoms with Gasteiger partial charge in [0.2, 0.25) is 46.8 Å². The number of aliphatic hydroxyl groups excluding tert-OH is 6. The number of hydroxylamine groups is 6. The number of benzene rings is 3. The quantitative estimate of drug-likeness (QED) is 0.0570. The number of rotatable bonds is 23. The molecule has 0 radical (unpaired) electrons. The van der Waals surface area contributed by atoms with Crippen LogP contribution in [0.2, 0.25) is 0 Å². The highest BCUT2D eigenvalue weighted by atomic mass is 35.7. The Balaban J connectivity index is 0.000000162. The minimum atomic E-state index is -3.21. The molecule has 15 aliphatic rings. The SMILES string of the molecule is CS(=O)(=O)Cl.C[C@@H]1[C@@H](NC(=O)[C@@H]2[C@H]([C@H](C)O)[C@H](CO)ON2Cc2cccc(N3CCN(S(C)(=O)=O)CC3)c2)C[C@H]2C[C@@H]1C2(C)C.C[C@@H]1[C@@H](NC(=O)[C@@H]2[C@H]([C@H](C)O)[C@H](CO)ON2Cc2cccc(N3CCN(S(C)(=O)=O)CC3)c2)C[C@H]2C[C@@H]1C2(C)C.C[C@@H]1[C@@H](NC(=O)[C@@H]2[C@H]([C@H](C)O)[C@H](CO)ON2Cc2cccc(N3CCNCC3)c2)C[C@H]2C[C@@H]1C2(C)C. The number of aliphatic hydroxyl groups is 6. The lowest BCUT2D eigenvalue weighted by Crippen LogP contribution is -2.62. The van der Waals surface area contributed by atoms with Crippen molar-refractivity contribution >= 4 is 74.6 Å². The molecule has 3 aromatic carbocycles. The maximum absolute atomic E-state index is 13.9. The first-order chi connectivity index (χ1) is 56.8. The second-order valence-corrected chi connectivity index (χ2v) is 45.9. The second kappa shape index (κ2) is 38.5. The molecule has 6 aliphatic heterocycles. The number of sulfonamides is 2. The van der Waals surface area contributed by atoms with Crippen LogP contribution in [-0.2, 0) is 77.6 Å². The number of fused-ring (bicyclic) bond motifs is 6. The Bertz CT molecular complexity index is 4210. The average molecular weight is 1770 g/mol. The lowest BCUT2D eigenvalue weighted by Gasteiger charge is -2.62. The average Bonchev–Trinajstić information content (AvgIpc) is 1.10. The minimum absolute atomic E-state index is 0.0860. The summed E-state index contributed by atoms with van der Waals surface area (Å²) in [5, 5.41) is 80.5. The number of anilines is 3. The van der Waals surface area contributed by atoms with Gasteiger partial charge in [0.25, 0.3) is 0 Å². The molecule has 24 atom stereocenters. The van der Waals surface area contributed by atoms with Crippen LogP contribution >= 0.6 is 10.7 Å². The maximum atomic E-state index is 13.9. The monoisotopic (exact) mass is 1770 g/mol. The van der Waals surface area contributed by atoms with Gasteiger partial charge in [-0.2, -0.15) is 23.8 Å². The van der Waals surface area contributed by atoms with Crippen LogP contribution in [0.1, 0.15) is 138 Å². The zero-order chi connectivity index (χ0) is 88.1. The van der Waals surface area contributed by atoms with Gasteiger partial charge in [-0.05, 0) is 182 Å². The first-order valence-corrected chi connectivity index (χ1v) is 50.3. The van der Waals surface area contributed by atoms with Gasteiger partial charge in [0.1, 0.15) is 36.4 Å². The first-order valence-electron chi connectivity index (χ1n) is 43.9. The summed E-state index contributed by atoms with van der Waals surface area (Å²) in [4.78, 5) is 66.5. The molecule has 34 heteroatoms. The lowest BCUT2D eigenvalue weighted by molar-refractivity contribution is -0.183.